The van der Waals surface area contributed by atoms with Crippen LogP contribution in [0.25, 0.3) is 11.1 Å². The normalized spacial score (nSPS) is 15.3. The standard InChI is InChI=1S/C28H37N3O/c1-21(2)17-27(28(32)31-16-15-29)26-10-6-9-25(18-26)24-13-11-23(12-14-24)20-30-19-22-7-4-3-5-8-22/h6,9-14,18,21-22,27,30H,3-5,7-8,16-17,19-20H2,1-2H3,(H,31,32)/t27-/m1/s1. The molecule has 4 heteroatoms. The van der Waals surface area contributed by atoms with Crippen LogP contribution in [0.4, 0.5) is 0 Å². The van der Waals surface area contributed by atoms with Gasteiger partial charge < -0.3 is 10.6 Å². The molecule has 1 aliphatic carbocycles. The van der Waals surface area contributed by atoms with Crippen molar-refractivity contribution in [2.45, 2.75) is 64.8 Å². The first-order chi connectivity index (χ1) is 15.6. The zero-order valence-corrected chi connectivity index (χ0v) is 19.6. The van der Waals surface area contributed by atoms with Crippen LogP contribution in [0, 0.1) is 23.2 Å². The van der Waals surface area contributed by atoms with Crippen molar-refractivity contribution in [1.29, 1.82) is 5.26 Å². The Labute approximate surface area is 193 Å². The zero-order valence-electron chi connectivity index (χ0n) is 19.6. The molecule has 3 rings (SSSR count). The summed E-state index contributed by atoms with van der Waals surface area (Å²) in [5.41, 5.74) is 4.58. The molecule has 0 saturated heterocycles. The maximum Gasteiger partial charge on any atom is 0.228 e. The van der Waals surface area contributed by atoms with E-state index in [-0.39, 0.29) is 18.4 Å². The number of amides is 1. The molecule has 1 fully saturated rings. The average molecular weight is 432 g/mol. The van der Waals surface area contributed by atoms with Crippen molar-refractivity contribution >= 4 is 5.91 Å². The highest BCUT2D eigenvalue weighted by Gasteiger charge is 2.22. The topological polar surface area (TPSA) is 64.9 Å². The Hall–Kier alpha value is -2.64. The van der Waals surface area contributed by atoms with Crippen molar-refractivity contribution in [1.82, 2.24) is 10.6 Å². The summed E-state index contributed by atoms with van der Waals surface area (Å²) in [5, 5.41) is 15.2. The van der Waals surface area contributed by atoms with Crippen molar-refractivity contribution in [2.24, 2.45) is 11.8 Å². The third-order valence-electron chi connectivity index (χ3n) is 6.43. The molecule has 0 aromatic heterocycles. The molecule has 0 spiro atoms. The molecule has 0 bridgehead atoms. The van der Waals surface area contributed by atoms with E-state index >= 15 is 0 Å². The smallest absolute Gasteiger partial charge is 0.228 e. The molecular weight excluding hydrogens is 394 g/mol. The largest absolute Gasteiger partial charge is 0.342 e. The third-order valence-corrected chi connectivity index (χ3v) is 6.43. The van der Waals surface area contributed by atoms with Crippen LogP contribution < -0.4 is 10.6 Å². The summed E-state index contributed by atoms with van der Waals surface area (Å²) in [6, 6.07) is 19.0. The monoisotopic (exact) mass is 431 g/mol. The number of rotatable bonds is 10. The molecule has 1 aliphatic rings. The second-order valence-electron chi connectivity index (χ2n) is 9.52. The van der Waals surface area contributed by atoms with Gasteiger partial charge in [0.2, 0.25) is 5.91 Å². The molecule has 1 atom stereocenters. The number of hydrogen-bond donors (Lipinski definition) is 2. The van der Waals surface area contributed by atoms with Crippen molar-refractivity contribution < 1.29 is 4.79 Å². The Kier molecular flexibility index (Phi) is 9.31. The number of nitrogens with one attached hydrogen (secondary N) is 2. The summed E-state index contributed by atoms with van der Waals surface area (Å²) in [5.74, 6) is 0.912. The van der Waals surface area contributed by atoms with Gasteiger partial charge in [0.1, 0.15) is 6.54 Å². The number of nitrogens with zero attached hydrogens (tertiary/aromatic N) is 1. The van der Waals surface area contributed by atoms with E-state index in [0.717, 1.165) is 42.1 Å². The summed E-state index contributed by atoms with van der Waals surface area (Å²) in [7, 11) is 0. The Bertz CT molecular complexity index is 892. The Morgan fingerprint density at radius 3 is 2.50 bits per heavy atom. The van der Waals surface area contributed by atoms with Crippen molar-refractivity contribution in [2.75, 3.05) is 13.1 Å². The fourth-order valence-corrected chi connectivity index (χ4v) is 4.68. The fraction of sp³-hybridized carbons (Fsp3) is 0.500. The van der Waals surface area contributed by atoms with Gasteiger partial charge in [-0.15, -0.1) is 0 Å². The first-order valence-corrected chi connectivity index (χ1v) is 12.1. The average Bonchev–Trinajstić information content (AvgIpc) is 2.82. The molecule has 170 valence electrons. The van der Waals surface area contributed by atoms with E-state index in [1.807, 2.05) is 18.2 Å². The lowest BCUT2D eigenvalue weighted by Gasteiger charge is -2.21. The van der Waals surface area contributed by atoms with E-state index in [0.29, 0.717) is 5.92 Å². The summed E-state index contributed by atoms with van der Waals surface area (Å²) in [6.45, 7) is 6.31. The number of hydrogen-bond acceptors (Lipinski definition) is 3. The maximum absolute atomic E-state index is 12.7. The Morgan fingerprint density at radius 2 is 1.81 bits per heavy atom. The van der Waals surface area contributed by atoms with Gasteiger partial charge in [-0.25, -0.2) is 0 Å². The molecule has 1 saturated carbocycles. The second-order valence-corrected chi connectivity index (χ2v) is 9.52. The van der Waals surface area contributed by atoms with Gasteiger partial charge in [0, 0.05) is 6.54 Å². The zero-order chi connectivity index (χ0) is 22.8. The van der Waals surface area contributed by atoms with Gasteiger partial charge in [-0.2, -0.15) is 5.26 Å². The Morgan fingerprint density at radius 1 is 1.06 bits per heavy atom. The van der Waals surface area contributed by atoms with Gasteiger partial charge in [0.05, 0.1) is 12.0 Å². The van der Waals surface area contributed by atoms with Crippen LogP contribution >= 0.6 is 0 Å². The van der Waals surface area contributed by atoms with Gasteiger partial charge >= 0.3 is 0 Å². The molecule has 2 N–H and O–H groups in total. The van der Waals surface area contributed by atoms with Crippen LogP contribution in [-0.4, -0.2) is 19.0 Å². The third kappa shape index (κ3) is 7.21. The molecule has 4 nitrogen and oxygen atoms in total. The lowest BCUT2D eigenvalue weighted by molar-refractivity contribution is -0.122. The van der Waals surface area contributed by atoms with E-state index in [1.54, 1.807) is 0 Å². The first kappa shape index (κ1) is 24.0. The number of benzene rings is 2. The molecule has 0 unspecified atom stereocenters. The summed E-state index contributed by atoms with van der Waals surface area (Å²) in [4.78, 5) is 12.7. The first-order valence-electron chi connectivity index (χ1n) is 12.1. The predicted molar refractivity (Wildman–Crippen MR) is 131 cm³/mol. The molecule has 2 aromatic rings. The van der Waals surface area contributed by atoms with Gasteiger partial charge in [-0.05, 0) is 59.9 Å². The van der Waals surface area contributed by atoms with E-state index in [9.17, 15) is 4.79 Å². The molecule has 0 aliphatic heterocycles. The Balaban J connectivity index is 1.65. The molecule has 1 amide bonds. The van der Waals surface area contributed by atoms with E-state index < -0.39 is 0 Å². The maximum atomic E-state index is 12.7. The van der Waals surface area contributed by atoms with E-state index in [2.05, 4.69) is 60.9 Å². The predicted octanol–water partition coefficient (Wildman–Crippen LogP) is 5.79. The summed E-state index contributed by atoms with van der Waals surface area (Å²) >= 11 is 0. The molecule has 32 heavy (non-hydrogen) atoms. The summed E-state index contributed by atoms with van der Waals surface area (Å²) in [6.07, 6.45) is 7.67. The van der Waals surface area contributed by atoms with Gasteiger partial charge in [-0.1, -0.05) is 81.6 Å². The van der Waals surface area contributed by atoms with Gasteiger partial charge in [-0.3, -0.25) is 4.79 Å². The van der Waals surface area contributed by atoms with Crippen LogP contribution in [0.15, 0.2) is 48.5 Å². The van der Waals surface area contributed by atoms with Crippen LogP contribution in [-0.2, 0) is 11.3 Å². The van der Waals surface area contributed by atoms with Crippen LogP contribution in [0.2, 0.25) is 0 Å². The second kappa shape index (κ2) is 12.4. The quantitative estimate of drug-likeness (QED) is 0.468. The lowest BCUT2D eigenvalue weighted by Crippen LogP contribution is -2.30. The molecule has 0 radical (unpaired) electrons. The van der Waals surface area contributed by atoms with Crippen molar-refractivity contribution in [3.63, 3.8) is 0 Å². The molecule has 0 heterocycles. The highest BCUT2D eigenvalue weighted by molar-refractivity contribution is 5.84. The van der Waals surface area contributed by atoms with Crippen LogP contribution in [0.3, 0.4) is 0 Å². The van der Waals surface area contributed by atoms with Crippen LogP contribution in [0.5, 0.6) is 0 Å². The van der Waals surface area contributed by atoms with Gasteiger partial charge in [0.25, 0.3) is 0 Å². The molecule has 2 aromatic carbocycles. The minimum atomic E-state index is -0.244. The van der Waals surface area contributed by atoms with Crippen molar-refractivity contribution in [3.05, 3.63) is 59.7 Å². The molecular formula is C28H37N3O. The highest BCUT2D eigenvalue weighted by Crippen LogP contribution is 2.29. The minimum Gasteiger partial charge on any atom is -0.342 e. The highest BCUT2D eigenvalue weighted by atomic mass is 16.1. The summed E-state index contributed by atoms with van der Waals surface area (Å²) < 4.78 is 0. The lowest BCUT2D eigenvalue weighted by atomic mass is 9.88. The van der Waals surface area contributed by atoms with Gasteiger partial charge in [0.15, 0.2) is 0 Å². The van der Waals surface area contributed by atoms with E-state index in [4.69, 9.17) is 5.26 Å². The SMILES string of the molecule is CC(C)C[C@@H](C(=O)NCC#N)c1cccc(-c2ccc(CNCC3CCCCC3)cc2)c1. The van der Waals surface area contributed by atoms with Crippen LogP contribution in [0.1, 0.15) is 69.4 Å². The fourth-order valence-electron chi connectivity index (χ4n) is 4.68. The number of carbonyl (C=O) groups excluding carboxylic acids is 1. The number of carbonyl (C=O) groups is 1. The number of nitriles is 1. The van der Waals surface area contributed by atoms with Crippen molar-refractivity contribution in [3.8, 4) is 17.2 Å². The minimum absolute atomic E-state index is 0.0450. The van der Waals surface area contributed by atoms with E-state index in [1.165, 1.54) is 37.7 Å².